The molecule has 1 heterocycles. The van der Waals surface area contributed by atoms with Gasteiger partial charge in [-0.2, -0.15) is 0 Å². The molecule has 2 nitrogen and oxygen atoms in total. The molecule has 1 aliphatic heterocycles. The van der Waals surface area contributed by atoms with Crippen LogP contribution in [0.4, 0.5) is 13.2 Å². The molecule has 0 bridgehead atoms. The minimum absolute atomic E-state index is 0.190. The summed E-state index contributed by atoms with van der Waals surface area (Å²) < 4.78 is 54.1. The lowest BCUT2D eigenvalue weighted by molar-refractivity contribution is -0.00185. The predicted molar refractivity (Wildman–Crippen MR) is 109 cm³/mol. The fraction of sp³-hybridized carbons (Fsp3) is 0.417. The molecule has 0 aromatic heterocycles. The van der Waals surface area contributed by atoms with Gasteiger partial charge in [-0.05, 0) is 48.1 Å². The fourth-order valence-electron chi connectivity index (χ4n) is 3.88. The second kappa shape index (κ2) is 9.97. The van der Waals surface area contributed by atoms with Crippen LogP contribution in [0.1, 0.15) is 56.1 Å². The molecule has 0 aliphatic carbocycles. The Labute approximate surface area is 170 Å². The Morgan fingerprint density at radius 2 is 1.93 bits per heavy atom. The molecule has 29 heavy (non-hydrogen) atoms. The minimum atomic E-state index is -2.90. The number of rotatable bonds is 8. The maximum absolute atomic E-state index is 15.2. The van der Waals surface area contributed by atoms with E-state index >= 15 is 4.39 Å². The molecule has 2 atom stereocenters. The third-order valence-corrected chi connectivity index (χ3v) is 5.38. The normalized spacial score (nSPS) is 19.3. The molecule has 0 saturated carbocycles. The number of ether oxygens (including phenoxy) is 2. The van der Waals surface area contributed by atoms with Gasteiger partial charge in [0, 0.05) is 5.92 Å². The summed E-state index contributed by atoms with van der Waals surface area (Å²) in [6.45, 7) is 6.41. The zero-order valence-corrected chi connectivity index (χ0v) is 16.7. The van der Waals surface area contributed by atoms with Crippen molar-refractivity contribution in [3.63, 3.8) is 0 Å². The average Bonchev–Trinajstić information content (AvgIpc) is 2.73. The topological polar surface area (TPSA) is 18.5 Å². The first-order valence-corrected chi connectivity index (χ1v) is 10.1. The van der Waals surface area contributed by atoms with E-state index in [4.69, 9.17) is 9.47 Å². The van der Waals surface area contributed by atoms with E-state index < -0.39 is 17.8 Å². The summed E-state index contributed by atoms with van der Waals surface area (Å²) in [5.41, 5.74) is 0.514. The van der Waals surface area contributed by atoms with Gasteiger partial charge in [-0.1, -0.05) is 50.3 Å². The van der Waals surface area contributed by atoms with Crippen molar-refractivity contribution in [1.29, 1.82) is 0 Å². The van der Waals surface area contributed by atoms with Gasteiger partial charge in [0.1, 0.15) is 18.2 Å². The Morgan fingerprint density at radius 3 is 2.52 bits per heavy atom. The van der Waals surface area contributed by atoms with E-state index in [0.717, 1.165) is 25.7 Å². The Balaban J connectivity index is 1.86. The molecule has 0 spiro atoms. The maximum Gasteiger partial charge on any atom is 0.267 e. The van der Waals surface area contributed by atoms with Gasteiger partial charge in [0.05, 0.1) is 18.3 Å². The van der Waals surface area contributed by atoms with Crippen molar-refractivity contribution < 1.29 is 22.6 Å². The lowest BCUT2D eigenvalue weighted by atomic mass is 9.87. The van der Waals surface area contributed by atoms with Crippen LogP contribution in [-0.4, -0.2) is 19.3 Å². The van der Waals surface area contributed by atoms with Crippen molar-refractivity contribution >= 4 is 0 Å². The second-order valence-corrected chi connectivity index (χ2v) is 7.37. The van der Waals surface area contributed by atoms with Gasteiger partial charge in [-0.25, -0.2) is 13.2 Å². The molecule has 3 rings (SSSR count). The van der Waals surface area contributed by atoms with Crippen molar-refractivity contribution in [2.24, 2.45) is 0 Å². The predicted octanol–water partition coefficient (Wildman–Crippen LogP) is 7.06. The molecule has 0 N–H and O–H groups in total. The van der Waals surface area contributed by atoms with Crippen LogP contribution in [0.15, 0.2) is 49.1 Å². The number of halogens is 3. The summed E-state index contributed by atoms with van der Waals surface area (Å²) in [6.07, 6.45) is 2.49. The highest BCUT2D eigenvalue weighted by Crippen LogP contribution is 2.39. The second-order valence-electron chi connectivity index (χ2n) is 7.37. The first-order valence-electron chi connectivity index (χ1n) is 10.1. The first-order chi connectivity index (χ1) is 14.0. The monoisotopic (exact) mass is 404 g/mol. The van der Waals surface area contributed by atoms with Crippen LogP contribution in [0.5, 0.6) is 5.75 Å². The molecular weight excluding hydrogens is 377 g/mol. The molecule has 5 heteroatoms. The lowest BCUT2D eigenvalue weighted by Gasteiger charge is -2.30. The summed E-state index contributed by atoms with van der Waals surface area (Å²) in [5.74, 6) is -0.401. The Kier molecular flexibility index (Phi) is 7.37. The van der Waals surface area contributed by atoms with E-state index in [2.05, 4.69) is 13.5 Å². The Hall–Kier alpha value is -2.27. The Morgan fingerprint density at radius 1 is 1.17 bits per heavy atom. The summed E-state index contributed by atoms with van der Waals surface area (Å²) in [5, 5.41) is 0. The molecule has 0 amide bonds. The van der Waals surface area contributed by atoms with Crippen LogP contribution >= 0.6 is 0 Å². The van der Waals surface area contributed by atoms with Gasteiger partial charge in [0.2, 0.25) is 0 Å². The number of hydrogen-bond donors (Lipinski definition) is 0. The van der Waals surface area contributed by atoms with E-state index in [0.29, 0.717) is 30.1 Å². The van der Waals surface area contributed by atoms with Gasteiger partial charge >= 0.3 is 0 Å². The Bertz CT molecular complexity index is 810. The van der Waals surface area contributed by atoms with Crippen molar-refractivity contribution in [1.82, 2.24) is 0 Å². The molecule has 1 aliphatic rings. The van der Waals surface area contributed by atoms with Crippen molar-refractivity contribution in [2.75, 3.05) is 13.2 Å². The summed E-state index contributed by atoms with van der Waals surface area (Å²) in [6, 6.07) is 9.92. The largest absolute Gasteiger partial charge is 0.490 e. The van der Waals surface area contributed by atoms with Crippen LogP contribution in [0.2, 0.25) is 0 Å². The summed E-state index contributed by atoms with van der Waals surface area (Å²) in [7, 11) is 0. The SMILES string of the molecule is C=CCOc1ccc(-c2ccc(C3CCC(CCC)OC3)c(F)c2C(F)F)cc1. The number of benzene rings is 2. The lowest BCUT2D eigenvalue weighted by Crippen LogP contribution is -2.25. The first kappa shape index (κ1) is 21.4. The van der Waals surface area contributed by atoms with Gasteiger partial charge in [0.25, 0.3) is 6.43 Å². The van der Waals surface area contributed by atoms with Crippen molar-refractivity contribution in [3.05, 3.63) is 66.0 Å². The summed E-state index contributed by atoms with van der Waals surface area (Å²) in [4.78, 5) is 0. The van der Waals surface area contributed by atoms with Crippen LogP contribution < -0.4 is 4.74 Å². The third kappa shape index (κ3) is 5.02. The quantitative estimate of drug-likeness (QED) is 0.439. The highest BCUT2D eigenvalue weighted by atomic mass is 19.3. The van der Waals surface area contributed by atoms with Gasteiger partial charge in [-0.15, -0.1) is 0 Å². The van der Waals surface area contributed by atoms with E-state index in [1.165, 1.54) is 0 Å². The molecular formula is C24H27F3O2. The smallest absolute Gasteiger partial charge is 0.267 e. The molecule has 0 radical (unpaired) electrons. The zero-order chi connectivity index (χ0) is 20.8. The average molecular weight is 404 g/mol. The third-order valence-electron chi connectivity index (χ3n) is 5.38. The molecule has 2 aromatic carbocycles. The molecule has 2 unspecified atom stereocenters. The summed E-state index contributed by atoms with van der Waals surface area (Å²) >= 11 is 0. The van der Waals surface area contributed by atoms with Crippen molar-refractivity contribution in [3.8, 4) is 16.9 Å². The fourth-order valence-corrected chi connectivity index (χ4v) is 3.88. The van der Waals surface area contributed by atoms with Crippen LogP contribution in [0.3, 0.4) is 0 Å². The standard InChI is InChI=1S/C24H27F3O2/c1-3-5-18-11-8-17(15-29-18)21-13-12-20(22(23(21)25)24(26)27)16-6-9-19(10-7-16)28-14-4-2/h4,6-7,9-10,12-13,17-18,24H,2-3,5,8,11,14-15H2,1H3. The molecule has 2 aromatic rings. The van der Waals surface area contributed by atoms with Gasteiger partial charge < -0.3 is 9.47 Å². The minimum Gasteiger partial charge on any atom is -0.490 e. The van der Waals surface area contributed by atoms with E-state index in [1.54, 1.807) is 42.5 Å². The van der Waals surface area contributed by atoms with E-state index in [1.807, 2.05) is 0 Å². The van der Waals surface area contributed by atoms with Crippen molar-refractivity contribution in [2.45, 2.75) is 51.1 Å². The van der Waals surface area contributed by atoms with E-state index in [-0.39, 0.29) is 17.6 Å². The molecule has 156 valence electrons. The van der Waals surface area contributed by atoms with E-state index in [9.17, 15) is 8.78 Å². The zero-order valence-electron chi connectivity index (χ0n) is 16.7. The molecule has 1 fully saturated rings. The maximum atomic E-state index is 15.2. The van der Waals surface area contributed by atoms with Crippen LogP contribution in [0, 0.1) is 5.82 Å². The molecule has 1 saturated heterocycles. The highest BCUT2D eigenvalue weighted by molar-refractivity contribution is 5.69. The number of alkyl halides is 2. The van der Waals surface area contributed by atoms with Gasteiger partial charge in [-0.3, -0.25) is 0 Å². The van der Waals surface area contributed by atoms with Gasteiger partial charge in [0.15, 0.2) is 0 Å². The van der Waals surface area contributed by atoms with Crippen LogP contribution in [0.25, 0.3) is 11.1 Å². The van der Waals surface area contributed by atoms with Crippen LogP contribution in [-0.2, 0) is 4.74 Å². The highest BCUT2D eigenvalue weighted by Gasteiger charge is 2.29. The number of hydrogen-bond acceptors (Lipinski definition) is 2.